The number of halogens is 2. The first-order chi connectivity index (χ1) is 9.50. The molecule has 0 atom stereocenters. The molecule has 12 heteroatoms. The number of fused-ring (bicyclic) bond motifs is 1. The summed E-state index contributed by atoms with van der Waals surface area (Å²) in [6.45, 7) is -0.796. The summed E-state index contributed by atoms with van der Waals surface area (Å²) in [5, 5.41) is -2.30. The minimum absolute atomic E-state index is 0.0101. The van der Waals surface area contributed by atoms with E-state index in [0.29, 0.717) is 0 Å². The Morgan fingerprint density at radius 3 is 2.14 bits per heavy atom. The van der Waals surface area contributed by atoms with Gasteiger partial charge in [-0.25, -0.2) is 13.8 Å². The monoisotopic (exact) mass is 342 g/mol. The Morgan fingerprint density at radius 2 is 1.62 bits per heavy atom. The molecule has 0 bridgehead atoms. The second kappa shape index (κ2) is 5.24. The van der Waals surface area contributed by atoms with Crippen molar-refractivity contribution in [3.8, 4) is 0 Å². The molecule has 2 aromatic rings. The zero-order chi connectivity index (χ0) is 16.0. The quantitative estimate of drug-likeness (QED) is 0.609. The van der Waals surface area contributed by atoms with Crippen LogP contribution in [0.5, 0.6) is 0 Å². The van der Waals surface area contributed by atoms with E-state index in [1.165, 1.54) is 0 Å². The van der Waals surface area contributed by atoms with Crippen molar-refractivity contribution < 1.29 is 37.5 Å². The van der Waals surface area contributed by atoms with Gasteiger partial charge in [0, 0.05) is 18.7 Å². The second-order valence-corrected chi connectivity index (χ2v) is 8.32. The minimum atomic E-state index is -5.12. The number of hydrogen-bond donors (Lipinski definition) is 4. The van der Waals surface area contributed by atoms with Crippen LogP contribution in [0.2, 0.25) is 0 Å². The Bertz CT molecular complexity index is 760. The summed E-state index contributed by atoms with van der Waals surface area (Å²) >= 11 is 0. The summed E-state index contributed by atoms with van der Waals surface area (Å²) in [4.78, 5) is 39.8. The molecular weight excluding hydrogens is 332 g/mol. The number of hydrogen-bond acceptors (Lipinski definition) is 3. The van der Waals surface area contributed by atoms with Crippen LogP contribution in [-0.4, -0.2) is 34.5 Å². The van der Waals surface area contributed by atoms with E-state index >= 15 is 0 Å². The molecule has 1 heterocycles. The van der Waals surface area contributed by atoms with Gasteiger partial charge in [-0.3, -0.25) is 9.13 Å². The number of nitrogens with zero attached hydrogens (tertiary/aromatic N) is 2. The van der Waals surface area contributed by atoms with Crippen LogP contribution in [0.4, 0.5) is 8.78 Å². The summed E-state index contributed by atoms with van der Waals surface area (Å²) in [6.07, 6.45) is 0.988. The molecule has 0 saturated carbocycles. The van der Waals surface area contributed by atoms with Crippen molar-refractivity contribution in [2.45, 2.75) is 11.9 Å². The third-order valence-corrected chi connectivity index (χ3v) is 6.48. The topological polar surface area (TPSA) is 133 Å². The molecule has 8 nitrogen and oxygen atoms in total. The van der Waals surface area contributed by atoms with Crippen molar-refractivity contribution in [2.75, 3.05) is 0 Å². The summed E-state index contributed by atoms with van der Waals surface area (Å²) in [6, 6.07) is 1.50. The predicted octanol–water partition coefficient (Wildman–Crippen LogP) is 0.996. The van der Waals surface area contributed by atoms with Gasteiger partial charge >= 0.3 is 15.2 Å². The fraction of sp³-hybridized carbons (Fsp3) is 0.222. The molecule has 0 amide bonds. The molecule has 21 heavy (non-hydrogen) atoms. The van der Waals surface area contributed by atoms with Gasteiger partial charge in [-0.15, -0.1) is 0 Å². The molecule has 2 rings (SSSR count). The van der Waals surface area contributed by atoms with Crippen molar-refractivity contribution in [2.24, 2.45) is 0 Å². The van der Waals surface area contributed by atoms with Crippen LogP contribution in [0.15, 0.2) is 18.5 Å². The lowest BCUT2D eigenvalue weighted by molar-refractivity contribution is 0.332. The molecule has 116 valence electrons. The van der Waals surface area contributed by atoms with Crippen LogP contribution in [0.3, 0.4) is 0 Å². The zero-order valence-electron chi connectivity index (χ0n) is 10.2. The zero-order valence-corrected chi connectivity index (χ0v) is 12.0. The van der Waals surface area contributed by atoms with Gasteiger partial charge in [0.2, 0.25) is 0 Å². The van der Waals surface area contributed by atoms with Crippen LogP contribution in [0, 0.1) is 11.6 Å². The smallest absolute Gasteiger partial charge is 0.329 e. The van der Waals surface area contributed by atoms with Gasteiger partial charge in [-0.1, -0.05) is 0 Å². The molecule has 0 aliphatic rings. The van der Waals surface area contributed by atoms with Crippen LogP contribution in [-0.2, 0) is 15.7 Å². The van der Waals surface area contributed by atoms with E-state index in [2.05, 4.69) is 4.98 Å². The first-order valence-corrected chi connectivity index (χ1v) is 8.77. The van der Waals surface area contributed by atoms with Gasteiger partial charge in [0.05, 0.1) is 17.4 Å². The van der Waals surface area contributed by atoms with Crippen LogP contribution >= 0.6 is 15.2 Å². The SMILES string of the molecule is O=P(O)(O)C(Cn1cnc2cc(F)c(F)cc21)P(=O)(O)O. The predicted molar refractivity (Wildman–Crippen MR) is 67.5 cm³/mol. The Labute approximate surface area is 116 Å². The largest absolute Gasteiger partial charge is 0.342 e. The molecule has 0 saturated heterocycles. The van der Waals surface area contributed by atoms with Crippen molar-refractivity contribution >= 4 is 26.2 Å². The van der Waals surface area contributed by atoms with Gasteiger partial charge in [0.1, 0.15) is 0 Å². The van der Waals surface area contributed by atoms with Gasteiger partial charge in [-0.05, 0) is 0 Å². The molecule has 0 aliphatic carbocycles. The first kappa shape index (κ1) is 16.2. The maximum Gasteiger partial charge on any atom is 0.342 e. The van der Waals surface area contributed by atoms with E-state index in [9.17, 15) is 17.9 Å². The summed E-state index contributed by atoms with van der Waals surface area (Å²) < 4.78 is 49.6. The number of rotatable bonds is 4. The summed E-state index contributed by atoms with van der Waals surface area (Å²) in [5.41, 5.74) is -0.0510. The first-order valence-electron chi connectivity index (χ1n) is 5.40. The van der Waals surface area contributed by atoms with Crippen molar-refractivity contribution in [1.29, 1.82) is 0 Å². The highest BCUT2D eigenvalue weighted by atomic mass is 31.2. The molecule has 0 spiro atoms. The lowest BCUT2D eigenvalue weighted by Crippen LogP contribution is -2.17. The lowest BCUT2D eigenvalue weighted by Gasteiger charge is -2.20. The van der Waals surface area contributed by atoms with Gasteiger partial charge in [0.25, 0.3) is 0 Å². The highest BCUT2D eigenvalue weighted by Gasteiger charge is 2.43. The fourth-order valence-electron chi connectivity index (χ4n) is 1.78. The lowest BCUT2D eigenvalue weighted by atomic mass is 10.3. The van der Waals surface area contributed by atoms with Gasteiger partial charge in [-0.2, -0.15) is 0 Å². The normalized spacial score (nSPS) is 13.3. The van der Waals surface area contributed by atoms with E-state index < -0.39 is 38.8 Å². The number of imidazole rings is 1. The molecule has 4 N–H and O–H groups in total. The maximum atomic E-state index is 13.2. The van der Waals surface area contributed by atoms with E-state index in [-0.39, 0.29) is 11.0 Å². The van der Waals surface area contributed by atoms with Crippen molar-refractivity contribution in [3.63, 3.8) is 0 Å². The van der Waals surface area contributed by atoms with E-state index in [1.807, 2.05) is 0 Å². The molecule has 0 aliphatic heterocycles. The minimum Gasteiger partial charge on any atom is -0.329 e. The number of benzene rings is 1. The van der Waals surface area contributed by atoms with E-state index in [4.69, 9.17) is 19.6 Å². The Balaban J connectivity index is 2.50. The molecule has 0 fully saturated rings. The standard InChI is InChI=1S/C9H10F2N2O6P2/c10-5-1-7-8(2-6(5)11)13(4-12-7)3-9(20(14,15)16)21(17,18)19/h1-2,4,9H,3H2,(H2,14,15,16)(H2,17,18,19). The van der Waals surface area contributed by atoms with Crippen LogP contribution in [0.25, 0.3) is 11.0 Å². The maximum absolute atomic E-state index is 13.2. The Hall–Kier alpha value is -1.15. The van der Waals surface area contributed by atoms with Crippen molar-refractivity contribution in [3.05, 3.63) is 30.1 Å². The second-order valence-electron chi connectivity index (χ2n) is 4.31. The fourth-order valence-corrected chi connectivity index (χ4v) is 4.13. The van der Waals surface area contributed by atoms with Crippen LogP contribution in [0.1, 0.15) is 0 Å². The Kier molecular flexibility index (Phi) is 4.05. The summed E-state index contributed by atoms with van der Waals surface area (Å²) in [7, 11) is -10.2. The highest BCUT2D eigenvalue weighted by molar-refractivity contribution is 7.70. The average molecular weight is 342 g/mol. The van der Waals surface area contributed by atoms with Crippen LogP contribution < -0.4 is 0 Å². The van der Waals surface area contributed by atoms with E-state index in [1.54, 1.807) is 0 Å². The third-order valence-electron chi connectivity index (χ3n) is 2.80. The average Bonchev–Trinajstić information content (AvgIpc) is 2.66. The van der Waals surface area contributed by atoms with Crippen molar-refractivity contribution in [1.82, 2.24) is 9.55 Å². The molecule has 0 unspecified atom stereocenters. The highest BCUT2D eigenvalue weighted by Crippen LogP contribution is 2.60. The molecule has 1 aromatic carbocycles. The molecular formula is C9H10F2N2O6P2. The summed E-state index contributed by atoms with van der Waals surface area (Å²) in [5.74, 6) is -2.37. The third kappa shape index (κ3) is 3.37. The number of aromatic nitrogens is 2. The molecule has 0 radical (unpaired) electrons. The van der Waals surface area contributed by atoms with Gasteiger partial charge in [0.15, 0.2) is 17.0 Å². The van der Waals surface area contributed by atoms with E-state index in [0.717, 1.165) is 23.0 Å². The Morgan fingerprint density at radius 1 is 1.10 bits per heavy atom. The van der Waals surface area contributed by atoms with Gasteiger partial charge < -0.3 is 24.1 Å². The molecule has 1 aromatic heterocycles.